The predicted molar refractivity (Wildman–Crippen MR) is 116 cm³/mol. The van der Waals surface area contributed by atoms with E-state index in [0.717, 1.165) is 17.0 Å². The number of aryl methyl sites for hydroxylation is 1. The molecule has 0 fully saturated rings. The minimum absolute atomic E-state index is 0.0418. The van der Waals surface area contributed by atoms with Gasteiger partial charge in [0.05, 0.1) is 4.92 Å². The Morgan fingerprint density at radius 1 is 1.19 bits per heavy atom. The molecule has 0 bridgehead atoms. The Morgan fingerprint density at radius 3 is 2.55 bits per heavy atom. The molecule has 0 saturated carbocycles. The van der Waals surface area contributed by atoms with Gasteiger partial charge in [-0.1, -0.05) is 18.2 Å². The maximum absolute atomic E-state index is 13.2. The lowest BCUT2D eigenvalue weighted by atomic mass is 10.1. The van der Waals surface area contributed by atoms with Crippen molar-refractivity contribution in [3.8, 4) is 5.75 Å². The number of benzene rings is 2. The van der Waals surface area contributed by atoms with Crippen LogP contribution in [0.5, 0.6) is 5.75 Å². The lowest BCUT2D eigenvalue weighted by Crippen LogP contribution is -2.14. The van der Waals surface area contributed by atoms with Crippen molar-refractivity contribution in [3.05, 3.63) is 105 Å². The highest BCUT2D eigenvalue weighted by molar-refractivity contribution is 5.98. The first-order valence-corrected chi connectivity index (χ1v) is 9.75. The summed E-state index contributed by atoms with van der Waals surface area (Å²) in [5.41, 5.74) is 3.74. The highest BCUT2D eigenvalue weighted by Gasteiger charge is 2.18. The van der Waals surface area contributed by atoms with E-state index in [4.69, 9.17) is 4.74 Å². The maximum Gasteiger partial charge on any atom is 0.269 e. The lowest BCUT2D eigenvalue weighted by molar-refractivity contribution is -0.384. The molecule has 6 nitrogen and oxygen atoms in total. The third-order valence-corrected chi connectivity index (χ3v) is 5.11. The van der Waals surface area contributed by atoms with Gasteiger partial charge >= 0.3 is 0 Å². The van der Waals surface area contributed by atoms with Crippen LogP contribution in [0.25, 0.3) is 0 Å². The van der Waals surface area contributed by atoms with Crippen molar-refractivity contribution in [3.63, 3.8) is 0 Å². The molecule has 0 aliphatic rings. The molecule has 0 aliphatic carbocycles. The van der Waals surface area contributed by atoms with Crippen LogP contribution in [-0.4, -0.2) is 21.9 Å². The van der Waals surface area contributed by atoms with Gasteiger partial charge in [-0.25, -0.2) is 4.39 Å². The standard InChI is InChI=1S/C24H23FN2O4/c1-4-5-19-13-21(27(29)30)10-11-24(19)31-15-23(28)22-12-16(2)26(17(22)3)14-18-6-8-20(25)9-7-18/h4,6-13H,1,5,14-15H2,2-3H3. The molecule has 1 heterocycles. The first-order valence-electron chi connectivity index (χ1n) is 9.75. The number of ether oxygens (including phenoxy) is 1. The van der Waals surface area contributed by atoms with E-state index in [1.165, 1.54) is 30.3 Å². The number of allylic oxidation sites excluding steroid dienone is 1. The summed E-state index contributed by atoms with van der Waals surface area (Å²) in [6.45, 7) is 7.77. The van der Waals surface area contributed by atoms with Gasteiger partial charge in [0.1, 0.15) is 11.6 Å². The lowest BCUT2D eigenvalue weighted by Gasteiger charge is -2.11. The van der Waals surface area contributed by atoms with Gasteiger partial charge < -0.3 is 9.30 Å². The van der Waals surface area contributed by atoms with Crippen LogP contribution in [0, 0.1) is 29.8 Å². The summed E-state index contributed by atoms with van der Waals surface area (Å²) >= 11 is 0. The van der Waals surface area contributed by atoms with Crippen molar-refractivity contribution in [2.45, 2.75) is 26.8 Å². The van der Waals surface area contributed by atoms with Crippen LogP contribution in [0.15, 0.2) is 61.2 Å². The zero-order valence-corrected chi connectivity index (χ0v) is 17.4. The van der Waals surface area contributed by atoms with Gasteiger partial charge in [0.15, 0.2) is 6.61 Å². The second-order valence-corrected chi connectivity index (χ2v) is 7.25. The summed E-state index contributed by atoms with van der Waals surface area (Å²) in [5.74, 6) is -0.0693. The van der Waals surface area contributed by atoms with E-state index in [2.05, 4.69) is 6.58 Å². The Labute approximate surface area is 179 Å². The van der Waals surface area contributed by atoms with Gasteiger partial charge in [-0.15, -0.1) is 6.58 Å². The number of carbonyl (C=O) groups is 1. The van der Waals surface area contributed by atoms with E-state index in [0.29, 0.717) is 29.8 Å². The van der Waals surface area contributed by atoms with Gasteiger partial charge in [-0.2, -0.15) is 0 Å². The van der Waals surface area contributed by atoms with Crippen molar-refractivity contribution >= 4 is 11.5 Å². The molecular weight excluding hydrogens is 399 g/mol. The second-order valence-electron chi connectivity index (χ2n) is 7.25. The fourth-order valence-electron chi connectivity index (χ4n) is 3.46. The molecule has 0 saturated heterocycles. The summed E-state index contributed by atoms with van der Waals surface area (Å²) in [5, 5.41) is 11.0. The number of ketones is 1. The van der Waals surface area contributed by atoms with Crippen molar-refractivity contribution in [1.82, 2.24) is 4.57 Å². The molecule has 0 spiro atoms. The molecule has 0 N–H and O–H groups in total. The Bertz CT molecular complexity index is 1130. The second kappa shape index (κ2) is 9.38. The summed E-state index contributed by atoms with van der Waals surface area (Å²) in [6.07, 6.45) is 2.01. The topological polar surface area (TPSA) is 74.4 Å². The normalized spacial score (nSPS) is 10.7. The van der Waals surface area contributed by atoms with E-state index in [9.17, 15) is 19.3 Å². The minimum atomic E-state index is -0.475. The Kier molecular flexibility index (Phi) is 6.65. The molecule has 31 heavy (non-hydrogen) atoms. The molecule has 7 heteroatoms. The summed E-state index contributed by atoms with van der Waals surface area (Å²) in [7, 11) is 0. The number of Topliss-reactive ketones (excluding diaryl/α,β-unsaturated/α-hetero) is 1. The average Bonchev–Trinajstić information content (AvgIpc) is 3.02. The molecule has 2 aromatic carbocycles. The monoisotopic (exact) mass is 422 g/mol. The SMILES string of the molecule is C=CCc1cc([N+](=O)[O-])ccc1OCC(=O)c1cc(C)n(Cc2ccc(F)cc2)c1C. The van der Waals surface area contributed by atoms with E-state index in [1.54, 1.807) is 18.2 Å². The fraction of sp³-hybridized carbons (Fsp3) is 0.208. The van der Waals surface area contributed by atoms with Crippen molar-refractivity contribution in [2.24, 2.45) is 0 Å². The minimum Gasteiger partial charge on any atom is -0.485 e. The smallest absolute Gasteiger partial charge is 0.269 e. The molecule has 1 aromatic heterocycles. The quantitative estimate of drug-likeness (QED) is 0.206. The fourth-order valence-corrected chi connectivity index (χ4v) is 3.46. The number of hydrogen-bond donors (Lipinski definition) is 0. The number of aromatic nitrogens is 1. The van der Waals surface area contributed by atoms with Crippen molar-refractivity contribution in [1.29, 1.82) is 0 Å². The highest BCUT2D eigenvalue weighted by Crippen LogP contribution is 2.26. The zero-order chi connectivity index (χ0) is 22.5. The predicted octanol–water partition coefficient (Wildman–Crippen LogP) is 5.19. The van der Waals surface area contributed by atoms with Crippen LogP contribution >= 0.6 is 0 Å². The maximum atomic E-state index is 13.2. The molecule has 0 unspecified atom stereocenters. The Hall–Kier alpha value is -3.74. The number of halogens is 1. The van der Waals surface area contributed by atoms with Gasteiger partial charge in [0, 0.05) is 41.2 Å². The van der Waals surface area contributed by atoms with Crippen LogP contribution in [0.4, 0.5) is 10.1 Å². The molecule has 3 rings (SSSR count). The number of hydrogen-bond acceptors (Lipinski definition) is 4. The third kappa shape index (κ3) is 5.06. The Morgan fingerprint density at radius 2 is 1.90 bits per heavy atom. The van der Waals surface area contributed by atoms with Gasteiger partial charge in [-0.05, 0) is 50.1 Å². The van der Waals surface area contributed by atoms with Crippen LogP contribution in [0.3, 0.4) is 0 Å². The van der Waals surface area contributed by atoms with E-state index >= 15 is 0 Å². The van der Waals surface area contributed by atoms with Crippen LogP contribution in [0.1, 0.15) is 32.9 Å². The Balaban J connectivity index is 1.76. The van der Waals surface area contributed by atoms with Gasteiger partial charge in [-0.3, -0.25) is 14.9 Å². The number of rotatable bonds is 9. The molecule has 160 valence electrons. The molecule has 0 aliphatic heterocycles. The van der Waals surface area contributed by atoms with Crippen LogP contribution in [-0.2, 0) is 13.0 Å². The van der Waals surface area contributed by atoms with Crippen LogP contribution in [0.2, 0.25) is 0 Å². The van der Waals surface area contributed by atoms with E-state index in [-0.39, 0.29) is 23.9 Å². The van der Waals surface area contributed by atoms with Crippen LogP contribution < -0.4 is 4.74 Å². The molecular formula is C24H23FN2O4. The number of nitrogens with zero attached hydrogens (tertiary/aromatic N) is 2. The number of non-ortho nitro benzene ring substituents is 1. The van der Waals surface area contributed by atoms with E-state index < -0.39 is 4.92 Å². The first-order chi connectivity index (χ1) is 14.8. The molecule has 0 amide bonds. The van der Waals surface area contributed by atoms with Gasteiger partial charge in [0.25, 0.3) is 5.69 Å². The zero-order valence-electron chi connectivity index (χ0n) is 17.4. The number of nitro groups is 1. The van der Waals surface area contributed by atoms with Crippen molar-refractivity contribution in [2.75, 3.05) is 6.61 Å². The summed E-state index contributed by atoms with van der Waals surface area (Å²) in [6, 6.07) is 12.3. The highest BCUT2D eigenvalue weighted by atomic mass is 19.1. The summed E-state index contributed by atoms with van der Waals surface area (Å²) in [4.78, 5) is 23.4. The molecule has 0 atom stereocenters. The average molecular weight is 422 g/mol. The van der Waals surface area contributed by atoms with E-state index in [1.807, 2.05) is 24.5 Å². The molecule has 0 radical (unpaired) electrons. The number of carbonyl (C=O) groups excluding carboxylic acids is 1. The largest absolute Gasteiger partial charge is 0.485 e. The summed E-state index contributed by atoms with van der Waals surface area (Å²) < 4.78 is 20.9. The first kappa shape index (κ1) is 22.0. The third-order valence-electron chi connectivity index (χ3n) is 5.11. The van der Waals surface area contributed by atoms with Gasteiger partial charge in [0.2, 0.25) is 5.78 Å². The number of nitro benzene ring substituents is 1. The molecule has 3 aromatic rings. The van der Waals surface area contributed by atoms with Crippen molar-refractivity contribution < 1.29 is 18.8 Å².